The number of anilines is 2. The van der Waals surface area contributed by atoms with Gasteiger partial charge in [-0.25, -0.2) is 4.39 Å². The van der Waals surface area contributed by atoms with Crippen LogP contribution in [-0.4, -0.2) is 21.3 Å². The van der Waals surface area contributed by atoms with Crippen molar-refractivity contribution < 1.29 is 4.39 Å². The van der Waals surface area contributed by atoms with Crippen LogP contribution in [0, 0.1) is 12.7 Å². The number of fused-ring (bicyclic) bond motifs is 1. The predicted octanol–water partition coefficient (Wildman–Crippen LogP) is 4.17. The lowest BCUT2D eigenvalue weighted by molar-refractivity contribution is 0.627. The Kier molecular flexibility index (Phi) is 3.98. The van der Waals surface area contributed by atoms with E-state index < -0.39 is 0 Å². The molecular weight excluding hydrogens is 323 g/mol. The van der Waals surface area contributed by atoms with Crippen LogP contribution in [-0.2, 0) is 12.3 Å². The van der Waals surface area contributed by atoms with Crippen LogP contribution < -0.4 is 4.90 Å². The van der Waals surface area contributed by atoms with Crippen LogP contribution in [0.25, 0.3) is 0 Å². The summed E-state index contributed by atoms with van der Waals surface area (Å²) in [6.45, 7) is 3.86. The Morgan fingerprint density at radius 2 is 1.75 bits per heavy atom. The van der Waals surface area contributed by atoms with Gasteiger partial charge in [0, 0.05) is 24.5 Å². The molecule has 6 heteroatoms. The first-order chi connectivity index (χ1) is 11.7. The molecule has 0 saturated heterocycles. The topological polar surface area (TPSA) is 34.0 Å². The molecule has 0 saturated carbocycles. The molecule has 0 amide bonds. The molecule has 0 spiro atoms. The van der Waals surface area contributed by atoms with Crippen molar-refractivity contribution in [3.63, 3.8) is 0 Å². The summed E-state index contributed by atoms with van der Waals surface area (Å²) in [5.41, 5.74) is 3.46. The van der Waals surface area contributed by atoms with E-state index in [2.05, 4.69) is 50.9 Å². The van der Waals surface area contributed by atoms with Crippen molar-refractivity contribution in [2.75, 3.05) is 11.4 Å². The van der Waals surface area contributed by atoms with Crippen molar-refractivity contribution in [3.05, 3.63) is 65.5 Å². The fourth-order valence-electron chi connectivity index (χ4n) is 2.78. The van der Waals surface area contributed by atoms with Gasteiger partial charge in [-0.3, -0.25) is 4.57 Å². The van der Waals surface area contributed by atoms with Crippen molar-refractivity contribution >= 4 is 23.4 Å². The summed E-state index contributed by atoms with van der Waals surface area (Å²) >= 11 is 1.63. The number of halogens is 1. The van der Waals surface area contributed by atoms with Crippen molar-refractivity contribution in [1.29, 1.82) is 0 Å². The molecule has 1 aliphatic heterocycles. The Morgan fingerprint density at radius 1 is 1.00 bits per heavy atom. The Hall–Kier alpha value is -2.34. The molecule has 4 nitrogen and oxygen atoms in total. The minimum Gasteiger partial charge on any atom is -0.309 e. The lowest BCUT2D eigenvalue weighted by Gasteiger charge is -2.15. The lowest BCUT2D eigenvalue weighted by Crippen LogP contribution is -2.14. The van der Waals surface area contributed by atoms with Crippen molar-refractivity contribution in [2.45, 2.75) is 24.4 Å². The highest BCUT2D eigenvalue weighted by molar-refractivity contribution is 7.98. The fraction of sp³-hybridized carbons (Fsp3) is 0.222. The van der Waals surface area contributed by atoms with E-state index in [9.17, 15) is 4.39 Å². The summed E-state index contributed by atoms with van der Waals surface area (Å²) in [7, 11) is 0. The smallest absolute Gasteiger partial charge is 0.232 e. The molecule has 3 aromatic rings. The van der Waals surface area contributed by atoms with E-state index in [0.717, 1.165) is 41.2 Å². The van der Waals surface area contributed by atoms with Gasteiger partial charge in [0.15, 0.2) is 5.16 Å². The maximum absolute atomic E-state index is 13.0. The van der Waals surface area contributed by atoms with Crippen molar-refractivity contribution in [3.8, 4) is 0 Å². The van der Waals surface area contributed by atoms with Gasteiger partial charge in [0.25, 0.3) is 0 Å². The SMILES string of the molecule is Cc1ccc(N2CCn3c(SCc4ccc(F)cc4)nnc32)cc1. The largest absolute Gasteiger partial charge is 0.309 e. The average Bonchev–Trinajstić information content (AvgIpc) is 3.18. The second kappa shape index (κ2) is 6.28. The molecule has 2 aromatic carbocycles. The third kappa shape index (κ3) is 2.89. The summed E-state index contributed by atoms with van der Waals surface area (Å²) in [5.74, 6) is 1.43. The molecule has 0 unspecified atom stereocenters. The minimum absolute atomic E-state index is 0.208. The maximum atomic E-state index is 13.0. The van der Waals surface area contributed by atoms with E-state index >= 15 is 0 Å². The zero-order valence-electron chi connectivity index (χ0n) is 13.3. The summed E-state index contributed by atoms with van der Waals surface area (Å²) < 4.78 is 15.1. The number of thioether (sulfide) groups is 1. The Morgan fingerprint density at radius 3 is 2.50 bits per heavy atom. The number of nitrogens with zero attached hydrogens (tertiary/aromatic N) is 4. The number of aromatic nitrogens is 3. The molecule has 0 radical (unpaired) electrons. The molecule has 0 N–H and O–H groups in total. The molecular formula is C18H17FN4S. The Balaban J connectivity index is 1.51. The van der Waals surface area contributed by atoms with E-state index in [1.807, 2.05) is 12.1 Å². The standard InChI is InChI=1S/C18H17FN4S/c1-13-2-8-16(9-3-13)22-10-11-23-17(22)20-21-18(23)24-12-14-4-6-15(19)7-5-14/h2-9H,10-12H2,1H3. The van der Waals surface area contributed by atoms with Gasteiger partial charge in [-0.05, 0) is 36.8 Å². The van der Waals surface area contributed by atoms with Crippen LogP contribution in [0.4, 0.5) is 16.0 Å². The number of aryl methyl sites for hydroxylation is 1. The number of hydrogen-bond acceptors (Lipinski definition) is 4. The number of benzene rings is 2. The monoisotopic (exact) mass is 340 g/mol. The Labute approximate surface area is 144 Å². The van der Waals surface area contributed by atoms with Gasteiger partial charge in [0.2, 0.25) is 5.95 Å². The van der Waals surface area contributed by atoms with E-state index in [4.69, 9.17) is 0 Å². The first kappa shape index (κ1) is 15.2. The van der Waals surface area contributed by atoms with Gasteiger partial charge < -0.3 is 4.90 Å². The highest BCUT2D eigenvalue weighted by Gasteiger charge is 2.25. The van der Waals surface area contributed by atoms with E-state index in [1.54, 1.807) is 11.8 Å². The molecule has 1 aromatic heterocycles. The summed E-state index contributed by atoms with van der Waals surface area (Å²) in [4.78, 5) is 2.19. The lowest BCUT2D eigenvalue weighted by atomic mass is 10.2. The normalized spacial score (nSPS) is 13.3. The van der Waals surface area contributed by atoms with Gasteiger partial charge in [-0.15, -0.1) is 10.2 Å². The van der Waals surface area contributed by atoms with Gasteiger partial charge in [0.1, 0.15) is 5.82 Å². The molecule has 0 bridgehead atoms. The average molecular weight is 340 g/mol. The van der Waals surface area contributed by atoms with Crippen LogP contribution in [0.3, 0.4) is 0 Å². The number of hydrogen-bond donors (Lipinski definition) is 0. The molecule has 4 rings (SSSR count). The maximum Gasteiger partial charge on any atom is 0.232 e. The summed E-state index contributed by atoms with van der Waals surface area (Å²) in [6, 6.07) is 15.0. The van der Waals surface area contributed by atoms with E-state index in [0.29, 0.717) is 0 Å². The van der Waals surface area contributed by atoms with Gasteiger partial charge >= 0.3 is 0 Å². The van der Waals surface area contributed by atoms with Gasteiger partial charge in [0.05, 0.1) is 0 Å². The fourth-order valence-corrected chi connectivity index (χ4v) is 3.70. The summed E-state index contributed by atoms with van der Waals surface area (Å²) in [5, 5.41) is 9.59. The molecule has 24 heavy (non-hydrogen) atoms. The predicted molar refractivity (Wildman–Crippen MR) is 94.2 cm³/mol. The van der Waals surface area contributed by atoms with Crippen LogP contribution >= 0.6 is 11.8 Å². The Bertz CT molecular complexity index is 842. The quantitative estimate of drug-likeness (QED) is 0.668. The van der Waals surface area contributed by atoms with E-state index in [-0.39, 0.29) is 5.82 Å². The first-order valence-electron chi connectivity index (χ1n) is 7.85. The zero-order chi connectivity index (χ0) is 16.5. The van der Waals surface area contributed by atoms with E-state index in [1.165, 1.54) is 17.7 Å². The van der Waals surface area contributed by atoms with Crippen molar-refractivity contribution in [1.82, 2.24) is 14.8 Å². The molecule has 0 atom stereocenters. The molecule has 2 heterocycles. The van der Waals surface area contributed by atoms with Gasteiger partial charge in [-0.1, -0.05) is 41.6 Å². The van der Waals surface area contributed by atoms with Gasteiger partial charge in [-0.2, -0.15) is 0 Å². The molecule has 1 aliphatic rings. The molecule has 122 valence electrons. The van der Waals surface area contributed by atoms with Crippen molar-refractivity contribution in [2.24, 2.45) is 0 Å². The zero-order valence-corrected chi connectivity index (χ0v) is 14.1. The number of rotatable bonds is 4. The highest BCUT2D eigenvalue weighted by Crippen LogP contribution is 2.33. The van der Waals surface area contributed by atoms with Crippen LogP contribution in [0.15, 0.2) is 53.7 Å². The first-order valence-corrected chi connectivity index (χ1v) is 8.84. The summed E-state index contributed by atoms with van der Waals surface area (Å²) in [6.07, 6.45) is 0. The van der Waals surface area contributed by atoms with Crippen LogP contribution in [0.2, 0.25) is 0 Å². The second-order valence-electron chi connectivity index (χ2n) is 5.84. The third-order valence-electron chi connectivity index (χ3n) is 4.11. The second-order valence-corrected chi connectivity index (χ2v) is 6.78. The molecule has 0 fully saturated rings. The minimum atomic E-state index is -0.208. The highest BCUT2D eigenvalue weighted by atomic mass is 32.2. The molecule has 0 aliphatic carbocycles. The third-order valence-corrected chi connectivity index (χ3v) is 5.15. The van der Waals surface area contributed by atoms with Crippen LogP contribution in [0.1, 0.15) is 11.1 Å². The van der Waals surface area contributed by atoms with Crippen LogP contribution in [0.5, 0.6) is 0 Å².